The summed E-state index contributed by atoms with van der Waals surface area (Å²) in [6, 6.07) is 0.198. The summed E-state index contributed by atoms with van der Waals surface area (Å²) in [5.74, 6) is 0.785. The number of rotatable bonds is 2. The zero-order valence-corrected chi connectivity index (χ0v) is 9.95. The van der Waals surface area contributed by atoms with Gasteiger partial charge >= 0.3 is 6.09 Å². The number of nitrogens with one attached hydrogen (secondary N) is 1. The van der Waals surface area contributed by atoms with Crippen LogP contribution in [0.5, 0.6) is 0 Å². The van der Waals surface area contributed by atoms with Crippen LogP contribution in [0.1, 0.15) is 32.6 Å². The zero-order chi connectivity index (χ0) is 9.84. The van der Waals surface area contributed by atoms with Crippen molar-refractivity contribution in [3.63, 3.8) is 0 Å². The molecular weight excluding hydrogens is 281 g/mol. The first kappa shape index (κ1) is 11.1. The number of amides is 1. The zero-order valence-electron chi connectivity index (χ0n) is 7.79. The van der Waals surface area contributed by atoms with Crippen molar-refractivity contribution in [1.82, 2.24) is 5.32 Å². The van der Waals surface area contributed by atoms with E-state index < -0.39 is 6.09 Å². The number of halogens is 1. The largest absolute Gasteiger partial charge is 0.465 e. The van der Waals surface area contributed by atoms with E-state index in [1.165, 1.54) is 0 Å². The molecule has 0 aromatic rings. The Labute approximate surface area is 92.4 Å². The van der Waals surface area contributed by atoms with E-state index in [0.717, 1.165) is 31.6 Å². The second kappa shape index (κ2) is 5.02. The molecule has 1 amide bonds. The summed E-state index contributed by atoms with van der Waals surface area (Å²) in [6.07, 6.45) is 3.45. The fourth-order valence-corrected chi connectivity index (χ4v) is 2.62. The van der Waals surface area contributed by atoms with E-state index in [1.54, 1.807) is 0 Å². The maximum absolute atomic E-state index is 10.4. The van der Waals surface area contributed by atoms with Crippen LogP contribution in [-0.4, -0.2) is 21.2 Å². The van der Waals surface area contributed by atoms with Crippen LogP contribution >= 0.6 is 22.6 Å². The monoisotopic (exact) mass is 297 g/mol. The molecule has 0 bridgehead atoms. The van der Waals surface area contributed by atoms with Crippen LogP contribution in [0, 0.1) is 5.92 Å². The minimum absolute atomic E-state index is 0.198. The number of hydrogen-bond acceptors (Lipinski definition) is 1. The molecule has 13 heavy (non-hydrogen) atoms. The molecule has 1 fully saturated rings. The number of hydrogen-bond donors (Lipinski definition) is 2. The molecule has 2 N–H and O–H groups in total. The molecule has 1 unspecified atom stereocenters. The molecule has 0 aromatic carbocycles. The van der Waals surface area contributed by atoms with Crippen LogP contribution in [0.15, 0.2) is 0 Å². The Balaban J connectivity index is 2.26. The Hall–Kier alpha value is 0. The molecule has 0 spiro atoms. The standard InChI is InChI=1S/C9H16INO2/c1-6(10)7-2-4-8(5-3-7)11-9(12)13/h6-8,11H,2-5H2,1H3,(H,12,13). The molecule has 76 valence electrons. The third kappa shape index (κ3) is 3.70. The Kier molecular flexibility index (Phi) is 4.28. The van der Waals surface area contributed by atoms with Crippen LogP contribution in [-0.2, 0) is 0 Å². The summed E-state index contributed by atoms with van der Waals surface area (Å²) >= 11 is 2.46. The summed E-state index contributed by atoms with van der Waals surface area (Å²) in [7, 11) is 0. The van der Waals surface area contributed by atoms with Crippen LogP contribution in [0.3, 0.4) is 0 Å². The van der Waals surface area contributed by atoms with Crippen LogP contribution < -0.4 is 5.32 Å². The maximum atomic E-state index is 10.4. The van der Waals surface area contributed by atoms with Gasteiger partial charge in [-0.05, 0) is 31.6 Å². The lowest BCUT2D eigenvalue weighted by Crippen LogP contribution is -2.37. The van der Waals surface area contributed by atoms with Crippen molar-refractivity contribution in [3.8, 4) is 0 Å². The third-order valence-electron chi connectivity index (χ3n) is 2.75. The molecule has 1 atom stereocenters. The van der Waals surface area contributed by atoms with Crippen molar-refractivity contribution in [2.75, 3.05) is 0 Å². The fourth-order valence-electron chi connectivity index (χ4n) is 1.90. The molecule has 0 saturated heterocycles. The van der Waals surface area contributed by atoms with Crippen molar-refractivity contribution in [3.05, 3.63) is 0 Å². The molecule has 0 aromatic heterocycles. The van der Waals surface area contributed by atoms with Gasteiger partial charge in [0.2, 0.25) is 0 Å². The van der Waals surface area contributed by atoms with Gasteiger partial charge in [-0.1, -0.05) is 29.5 Å². The second-order valence-corrected chi connectivity index (χ2v) is 5.70. The average Bonchev–Trinajstić information content (AvgIpc) is 2.04. The van der Waals surface area contributed by atoms with Crippen molar-refractivity contribution < 1.29 is 9.90 Å². The van der Waals surface area contributed by atoms with Gasteiger partial charge in [-0.3, -0.25) is 0 Å². The average molecular weight is 297 g/mol. The fraction of sp³-hybridized carbons (Fsp3) is 0.889. The Morgan fingerprint density at radius 3 is 2.38 bits per heavy atom. The van der Waals surface area contributed by atoms with E-state index in [0.29, 0.717) is 3.92 Å². The number of carboxylic acid groups (broad SMARTS) is 1. The summed E-state index contributed by atoms with van der Waals surface area (Å²) in [6.45, 7) is 2.23. The molecule has 0 heterocycles. The van der Waals surface area contributed by atoms with Gasteiger partial charge in [0, 0.05) is 9.97 Å². The van der Waals surface area contributed by atoms with Gasteiger partial charge < -0.3 is 10.4 Å². The van der Waals surface area contributed by atoms with Gasteiger partial charge in [0.15, 0.2) is 0 Å². The molecule has 4 heteroatoms. The topological polar surface area (TPSA) is 49.3 Å². The van der Waals surface area contributed by atoms with E-state index in [1.807, 2.05) is 0 Å². The summed E-state index contributed by atoms with van der Waals surface area (Å²) < 4.78 is 0.711. The highest BCUT2D eigenvalue weighted by Crippen LogP contribution is 2.30. The van der Waals surface area contributed by atoms with E-state index in [9.17, 15) is 4.79 Å². The lowest BCUT2D eigenvalue weighted by molar-refractivity contribution is 0.182. The van der Waals surface area contributed by atoms with E-state index in [-0.39, 0.29) is 6.04 Å². The van der Waals surface area contributed by atoms with Crippen molar-refractivity contribution in [1.29, 1.82) is 0 Å². The SMILES string of the molecule is CC(I)C1CCC(NC(=O)O)CC1. The summed E-state index contributed by atoms with van der Waals surface area (Å²) in [5, 5.41) is 11.1. The molecule has 1 rings (SSSR count). The van der Waals surface area contributed by atoms with Crippen molar-refractivity contribution in [2.45, 2.75) is 42.6 Å². The lowest BCUT2D eigenvalue weighted by Gasteiger charge is -2.29. The predicted molar refractivity (Wildman–Crippen MR) is 60.4 cm³/mol. The second-order valence-electron chi connectivity index (χ2n) is 3.74. The van der Waals surface area contributed by atoms with Crippen LogP contribution in [0.4, 0.5) is 4.79 Å². The van der Waals surface area contributed by atoms with E-state index in [4.69, 9.17) is 5.11 Å². The smallest absolute Gasteiger partial charge is 0.404 e. The molecule has 3 nitrogen and oxygen atoms in total. The highest BCUT2D eigenvalue weighted by Gasteiger charge is 2.24. The molecule has 1 aliphatic carbocycles. The Morgan fingerprint density at radius 2 is 2.00 bits per heavy atom. The summed E-state index contributed by atoms with van der Waals surface area (Å²) in [4.78, 5) is 10.4. The predicted octanol–water partition coefficient (Wildman–Crippen LogP) is 2.64. The molecule has 1 saturated carbocycles. The minimum atomic E-state index is -0.883. The van der Waals surface area contributed by atoms with E-state index in [2.05, 4.69) is 34.8 Å². The number of alkyl halides is 1. The minimum Gasteiger partial charge on any atom is -0.465 e. The molecule has 0 radical (unpaired) electrons. The normalized spacial score (nSPS) is 30.9. The molecular formula is C9H16INO2. The summed E-state index contributed by atoms with van der Waals surface area (Å²) in [5.41, 5.74) is 0. The van der Waals surface area contributed by atoms with Gasteiger partial charge in [0.25, 0.3) is 0 Å². The molecule has 0 aliphatic heterocycles. The van der Waals surface area contributed by atoms with Gasteiger partial charge in [-0.2, -0.15) is 0 Å². The first-order valence-corrected chi connectivity index (χ1v) is 5.97. The molecule has 1 aliphatic rings. The Bertz CT molecular complexity index is 176. The van der Waals surface area contributed by atoms with E-state index >= 15 is 0 Å². The maximum Gasteiger partial charge on any atom is 0.404 e. The number of carbonyl (C=O) groups is 1. The highest BCUT2D eigenvalue weighted by atomic mass is 127. The van der Waals surface area contributed by atoms with Crippen LogP contribution in [0.25, 0.3) is 0 Å². The van der Waals surface area contributed by atoms with Gasteiger partial charge in [0.05, 0.1) is 0 Å². The first-order chi connectivity index (χ1) is 6.09. The Morgan fingerprint density at radius 1 is 1.46 bits per heavy atom. The van der Waals surface area contributed by atoms with Gasteiger partial charge in [-0.25, -0.2) is 4.79 Å². The van der Waals surface area contributed by atoms with Gasteiger partial charge in [0.1, 0.15) is 0 Å². The van der Waals surface area contributed by atoms with Gasteiger partial charge in [-0.15, -0.1) is 0 Å². The van der Waals surface area contributed by atoms with Crippen molar-refractivity contribution >= 4 is 28.7 Å². The van der Waals surface area contributed by atoms with Crippen LogP contribution in [0.2, 0.25) is 0 Å². The van der Waals surface area contributed by atoms with Crippen molar-refractivity contribution in [2.24, 2.45) is 5.92 Å². The lowest BCUT2D eigenvalue weighted by atomic mass is 9.84. The third-order valence-corrected chi connectivity index (χ3v) is 3.77. The highest BCUT2D eigenvalue weighted by molar-refractivity contribution is 14.1. The quantitative estimate of drug-likeness (QED) is 0.608. The first-order valence-electron chi connectivity index (χ1n) is 4.73.